The van der Waals surface area contributed by atoms with Crippen LogP contribution in [0, 0.1) is 0 Å². The maximum atomic E-state index is 6.07. The molecule has 2 aromatic rings. The number of para-hydroxylation sites is 1. The summed E-state index contributed by atoms with van der Waals surface area (Å²) in [6.07, 6.45) is 2.95. The van der Waals surface area contributed by atoms with Crippen LogP contribution in [0.15, 0.2) is 30.5 Å². The third-order valence-electron chi connectivity index (χ3n) is 3.84. The van der Waals surface area contributed by atoms with E-state index in [0.29, 0.717) is 0 Å². The molecule has 1 aromatic heterocycles. The van der Waals surface area contributed by atoms with Gasteiger partial charge in [-0.3, -0.25) is 4.68 Å². The van der Waals surface area contributed by atoms with Crippen molar-refractivity contribution in [2.45, 2.75) is 38.8 Å². The molecule has 20 heavy (non-hydrogen) atoms. The van der Waals surface area contributed by atoms with Crippen molar-refractivity contribution in [2.24, 2.45) is 7.05 Å². The van der Waals surface area contributed by atoms with Gasteiger partial charge in [0, 0.05) is 18.8 Å². The first-order valence-electron chi connectivity index (χ1n) is 7.08. The zero-order valence-corrected chi connectivity index (χ0v) is 12.5. The van der Waals surface area contributed by atoms with E-state index in [1.807, 2.05) is 30.1 Å². The van der Waals surface area contributed by atoms with Crippen molar-refractivity contribution in [3.05, 3.63) is 41.7 Å². The standard InChI is InChI=1S/C16H21N3O/c1-5-12-13(10-19(4)18-12)17-15-11-8-6-7-9-14(11)20-16(15,2)3/h6-10,15,17H,5H2,1-4H3. The summed E-state index contributed by atoms with van der Waals surface area (Å²) in [7, 11) is 1.95. The number of hydrogen-bond donors (Lipinski definition) is 1. The molecule has 1 aliphatic heterocycles. The Morgan fingerprint density at radius 3 is 2.85 bits per heavy atom. The zero-order valence-electron chi connectivity index (χ0n) is 12.5. The Hall–Kier alpha value is -1.97. The summed E-state index contributed by atoms with van der Waals surface area (Å²) in [5, 5.41) is 8.11. The van der Waals surface area contributed by atoms with Gasteiger partial charge in [-0.2, -0.15) is 5.10 Å². The minimum Gasteiger partial charge on any atom is -0.485 e. The Bertz CT molecular complexity index is 630. The van der Waals surface area contributed by atoms with Crippen LogP contribution in [-0.4, -0.2) is 15.4 Å². The SMILES string of the molecule is CCc1nn(C)cc1NC1c2ccccc2OC1(C)C. The van der Waals surface area contributed by atoms with Crippen LogP contribution in [0.25, 0.3) is 0 Å². The quantitative estimate of drug-likeness (QED) is 0.931. The molecule has 106 valence electrons. The molecule has 0 saturated heterocycles. The number of ether oxygens (including phenoxy) is 1. The minimum absolute atomic E-state index is 0.133. The molecular formula is C16H21N3O. The number of benzene rings is 1. The zero-order chi connectivity index (χ0) is 14.3. The van der Waals surface area contributed by atoms with E-state index in [1.54, 1.807) is 0 Å². The molecule has 2 heterocycles. The summed E-state index contributed by atoms with van der Waals surface area (Å²) < 4.78 is 7.93. The number of aromatic nitrogens is 2. The van der Waals surface area contributed by atoms with Crippen molar-refractivity contribution in [3.8, 4) is 5.75 Å². The van der Waals surface area contributed by atoms with Crippen LogP contribution in [0.2, 0.25) is 0 Å². The second-order valence-electron chi connectivity index (χ2n) is 5.84. The largest absolute Gasteiger partial charge is 0.485 e. The molecule has 0 spiro atoms. The third-order valence-corrected chi connectivity index (χ3v) is 3.84. The molecule has 1 unspecified atom stereocenters. The first-order chi connectivity index (χ1) is 9.51. The molecule has 0 bridgehead atoms. The Kier molecular flexibility index (Phi) is 2.96. The van der Waals surface area contributed by atoms with Crippen LogP contribution in [0.5, 0.6) is 5.75 Å². The number of nitrogens with one attached hydrogen (secondary N) is 1. The van der Waals surface area contributed by atoms with Crippen molar-refractivity contribution in [3.63, 3.8) is 0 Å². The van der Waals surface area contributed by atoms with Gasteiger partial charge in [0.1, 0.15) is 11.4 Å². The second kappa shape index (κ2) is 4.54. The first-order valence-corrected chi connectivity index (χ1v) is 7.08. The summed E-state index contributed by atoms with van der Waals surface area (Å²) in [6, 6.07) is 8.36. The fourth-order valence-electron chi connectivity index (χ4n) is 2.85. The number of rotatable bonds is 3. The van der Waals surface area contributed by atoms with Gasteiger partial charge in [-0.1, -0.05) is 25.1 Å². The van der Waals surface area contributed by atoms with Crippen LogP contribution in [0.3, 0.4) is 0 Å². The maximum absolute atomic E-state index is 6.07. The van der Waals surface area contributed by atoms with Crippen molar-refractivity contribution in [2.75, 3.05) is 5.32 Å². The van der Waals surface area contributed by atoms with Gasteiger partial charge in [0.05, 0.1) is 17.4 Å². The Balaban J connectivity index is 1.97. The Morgan fingerprint density at radius 1 is 1.35 bits per heavy atom. The molecule has 1 N–H and O–H groups in total. The van der Waals surface area contributed by atoms with Crippen molar-refractivity contribution in [1.29, 1.82) is 0 Å². The molecule has 0 saturated carbocycles. The van der Waals surface area contributed by atoms with Gasteiger partial charge in [0.15, 0.2) is 0 Å². The fourth-order valence-corrected chi connectivity index (χ4v) is 2.85. The summed E-state index contributed by atoms with van der Waals surface area (Å²) in [5.74, 6) is 0.969. The van der Waals surface area contributed by atoms with Crippen LogP contribution in [-0.2, 0) is 13.5 Å². The van der Waals surface area contributed by atoms with Crippen molar-refractivity contribution < 1.29 is 4.74 Å². The predicted octanol–water partition coefficient (Wildman–Crippen LogP) is 3.31. The Labute approximate surface area is 119 Å². The molecule has 0 radical (unpaired) electrons. The minimum atomic E-state index is -0.273. The third kappa shape index (κ3) is 2.05. The van der Waals surface area contributed by atoms with E-state index in [-0.39, 0.29) is 11.6 Å². The van der Waals surface area contributed by atoms with Crippen molar-refractivity contribution >= 4 is 5.69 Å². The summed E-state index contributed by atoms with van der Waals surface area (Å²) in [4.78, 5) is 0. The topological polar surface area (TPSA) is 39.1 Å². The lowest BCUT2D eigenvalue weighted by atomic mass is 9.94. The molecule has 3 rings (SSSR count). The van der Waals surface area contributed by atoms with Crippen LogP contribution in [0.4, 0.5) is 5.69 Å². The van der Waals surface area contributed by atoms with E-state index < -0.39 is 0 Å². The van der Waals surface area contributed by atoms with E-state index in [4.69, 9.17) is 4.74 Å². The van der Waals surface area contributed by atoms with E-state index in [9.17, 15) is 0 Å². The normalized spacial score (nSPS) is 19.5. The Morgan fingerprint density at radius 2 is 2.10 bits per heavy atom. The highest BCUT2D eigenvalue weighted by molar-refractivity contribution is 5.53. The van der Waals surface area contributed by atoms with E-state index in [1.165, 1.54) is 5.56 Å². The first kappa shape index (κ1) is 13.0. The molecule has 1 aromatic carbocycles. The van der Waals surface area contributed by atoms with Crippen LogP contribution in [0.1, 0.15) is 38.1 Å². The molecular weight excluding hydrogens is 250 g/mol. The van der Waals surface area contributed by atoms with Gasteiger partial charge < -0.3 is 10.1 Å². The lowest BCUT2D eigenvalue weighted by Crippen LogP contribution is -2.34. The van der Waals surface area contributed by atoms with Gasteiger partial charge in [-0.25, -0.2) is 0 Å². The van der Waals surface area contributed by atoms with Crippen LogP contribution >= 0.6 is 0 Å². The highest BCUT2D eigenvalue weighted by atomic mass is 16.5. The van der Waals surface area contributed by atoms with Gasteiger partial charge in [0.2, 0.25) is 0 Å². The van der Waals surface area contributed by atoms with E-state index in [2.05, 4.69) is 43.3 Å². The molecule has 4 nitrogen and oxygen atoms in total. The van der Waals surface area contributed by atoms with E-state index >= 15 is 0 Å². The fraction of sp³-hybridized carbons (Fsp3) is 0.438. The summed E-state index contributed by atoms with van der Waals surface area (Å²) in [6.45, 7) is 6.36. The maximum Gasteiger partial charge on any atom is 0.128 e. The van der Waals surface area contributed by atoms with Crippen LogP contribution < -0.4 is 10.1 Å². The molecule has 0 fully saturated rings. The lowest BCUT2D eigenvalue weighted by Gasteiger charge is -2.27. The molecule has 4 heteroatoms. The predicted molar refractivity (Wildman–Crippen MR) is 80.1 cm³/mol. The van der Waals surface area contributed by atoms with E-state index in [0.717, 1.165) is 23.6 Å². The lowest BCUT2D eigenvalue weighted by molar-refractivity contribution is 0.118. The number of aryl methyl sites for hydroxylation is 2. The molecule has 1 atom stereocenters. The average molecular weight is 271 g/mol. The monoisotopic (exact) mass is 271 g/mol. The molecule has 0 aliphatic carbocycles. The average Bonchev–Trinajstić information content (AvgIpc) is 2.88. The number of anilines is 1. The highest BCUT2D eigenvalue weighted by Gasteiger charge is 2.41. The molecule has 0 amide bonds. The smallest absolute Gasteiger partial charge is 0.128 e. The van der Waals surface area contributed by atoms with Gasteiger partial charge in [-0.15, -0.1) is 0 Å². The second-order valence-corrected chi connectivity index (χ2v) is 5.84. The summed E-state index contributed by atoms with van der Waals surface area (Å²) >= 11 is 0. The number of hydrogen-bond acceptors (Lipinski definition) is 3. The van der Waals surface area contributed by atoms with Gasteiger partial charge >= 0.3 is 0 Å². The van der Waals surface area contributed by atoms with Gasteiger partial charge in [-0.05, 0) is 26.3 Å². The molecule has 1 aliphatic rings. The number of nitrogens with zero attached hydrogens (tertiary/aromatic N) is 2. The highest BCUT2D eigenvalue weighted by Crippen LogP contribution is 2.44. The van der Waals surface area contributed by atoms with Gasteiger partial charge in [0.25, 0.3) is 0 Å². The van der Waals surface area contributed by atoms with Crippen molar-refractivity contribution in [1.82, 2.24) is 9.78 Å². The number of fused-ring (bicyclic) bond motifs is 1. The summed E-state index contributed by atoms with van der Waals surface area (Å²) in [5.41, 5.74) is 3.12.